The van der Waals surface area contributed by atoms with Crippen molar-refractivity contribution in [2.24, 2.45) is 0 Å². The molecule has 0 bridgehead atoms. The van der Waals surface area contributed by atoms with Crippen LogP contribution in [0.25, 0.3) is 0 Å². The number of hydrogen-bond acceptors (Lipinski definition) is 1. The molecule has 0 atom stereocenters. The predicted molar refractivity (Wildman–Crippen MR) is 85.8 cm³/mol. The number of likely N-dealkylation sites (tertiary alicyclic amines) is 1. The Bertz CT molecular complexity index is 488. The van der Waals surface area contributed by atoms with Crippen LogP contribution in [0, 0.1) is 0 Å². The van der Waals surface area contributed by atoms with Crippen molar-refractivity contribution >= 4 is 17.6 Å². The predicted octanol–water partition coefficient (Wildman–Crippen LogP) is 3.96. The quantitative estimate of drug-likeness (QED) is 0.901. The molecule has 0 radical (unpaired) electrons. The summed E-state index contributed by atoms with van der Waals surface area (Å²) < 4.78 is 0. The molecule has 2 fully saturated rings. The Hall–Kier alpha value is -1.22. The highest BCUT2D eigenvalue weighted by atomic mass is 35.5. The van der Waals surface area contributed by atoms with E-state index >= 15 is 0 Å². The van der Waals surface area contributed by atoms with Crippen molar-refractivity contribution in [1.29, 1.82) is 0 Å². The zero-order valence-corrected chi connectivity index (χ0v) is 13.2. The number of rotatable bonds is 3. The van der Waals surface area contributed by atoms with Crippen molar-refractivity contribution in [1.82, 2.24) is 10.2 Å². The van der Waals surface area contributed by atoms with E-state index < -0.39 is 0 Å². The molecule has 1 aliphatic carbocycles. The third-order valence-electron chi connectivity index (χ3n) is 4.78. The van der Waals surface area contributed by atoms with Crippen LogP contribution in [0.5, 0.6) is 0 Å². The van der Waals surface area contributed by atoms with Crippen LogP contribution in [0.4, 0.5) is 4.79 Å². The number of hydrogen-bond donors (Lipinski definition) is 1. The second kappa shape index (κ2) is 6.27. The maximum Gasteiger partial charge on any atom is 0.317 e. The molecule has 1 heterocycles. The molecule has 21 heavy (non-hydrogen) atoms. The van der Waals surface area contributed by atoms with Gasteiger partial charge in [-0.1, -0.05) is 36.6 Å². The molecule has 3 nitrogen and oxygen atoms in total. The summed E-state index contributed by atoms with van der Waals surface area (Å²) in [4.78, 5) is 14.3. The molecule has 2 aliphatic rings. The molecule has 3 rings (SSSR count). The number of urea groups is 1. The molecule has 114 valence electrons. The van der Waals surface area contributed by atoms with Gasteiger partial charge in [0.15, 0.2) is 0 Å². The van der Waals surface area contributed by atoms with Crippen LogP contribution in [-0.2, 0) is 5.41 Å². The second-order valence-corrected chi connectivity index (χ2v) is 6.78. The first-order valence-corrected chi connectivity index (χ1v) is 8.36. The molecule has 1 aromatic carbocycles. The molecule has 0 unspecified atom stereocenters. The number of nitrogens with zero attached hydrogens (tertiary/aromatic N) is 1. The fourth-order valence-electron chi connectivity index (χ4n) is 3.15. The summed E-state index contributed by atoms with van der Waals surface area (Å²) in [6, 6.07) is 8.17. The highest BCUT2D eigenvalue weighted by Gasteiger charge is 2.44. The Kier molecular flexibility index (Phi) is 4.39. The van der Waals surface area contributed by atoms with Crippen molar-refractivity contribution in [3.63, 3.8) is 0 Å². The lowest BCUT2D eigenvalue weighted by Gasteiger charge is -2.23. The van der Waals surface area contributed by atoms with E-state index in [0.717, 1.165) is 50.3 Å². The van der Waals surface area contributed by atoms with Crippen LogP contribution in [0.1, 0.15) is 44.1 Å². The first-order chi connectivity index (χ1) is 10.2. The molecule has 1 saturated heterocycles. The third kappa shape index (κ3) is 3.52. The Morgan fingerprint density at radius 3 is 2.29 bits per heavy atom. The summed E-state index contributed by atoms with van der Waals surface area (Å²) in [7, 11) is 0. The zero-order chi connectivity index (χ0) is 14.7. The van der Waals surface area contributed by atoms with Crippen molar-refractivity contribution in [3.05, 3.63) is 34.9 Å². The third-order valence-corrected chi connectivity index (χ3v) is 5.03. The summed E-state index contributed by atoms with van der Waals surface area (Å²) in [5.74, 6) is 0. The van der Waals surface area contributed by atoms with Gasteiger partial charge in [0.25, 0.3) is 0 Å². The Labute approximate surface area is 131 Å². The highest BCUT2D eigenvalue weighted by molar-refractivity contribution is 6.30. The molecule has 1 aliphatic heterocycles. The minimum Gasteiger partial charge on any atom is -0.337 e. The van der Waals surface area contributed by atoms with E-state index in [9.17, 15) is 4.79 Å². The molecule has 1 N–H and O–H groups in total. The van der Waals surface area contributed by atoms with Gasteiger partial charge in [-0.05, 0) is 43.4 Å². The van der Waals surface area contributed by atoms with E-state index in [0.29, 0.717) is 0 Å². The number of benzene rings is 1. The average molecular weight is 307 g/mol. The second-order valence-electron chi connectivity index (χ2n) is 6.35. The van der Waals surface area contributed by atoms with E-state index in [1.807, 2.05) is 17.0 Å². The van der Waals surface area contributed by atoms with Gasteiger partial charge in [0.05, 0.1) is 0 Å². The van der Waals surface area contributed by atoms with Crippen LogP contribution in [0.15, 0.2) is 24.3 Å². The number of halogens is 1. The lowest BCUT2D eigenvalue weighted by Crippen LogP contribution is -2.43. The molecule has 2 amide bonds. The molecule has 0 spiro atoms. The van der Waals surface area contributed by atoms with E-state index in [2.05, 4.69) is 17.4 Å². The fourth-order valence-corrected chi connectivity index (χ4v) is 3.28. The number of carbonyl (C=O) groups excluding carboxylic acids is 1. The number of amides is 2. The van der Waals surface area contributed by atoms with E-state index in [1.54, 1.807) is 0 Å². The molecular weight excluding hydrogens is 284 g/mol. The largest absolute Gasteiger partial charge is 0.337 e. The van der Waals surface area contributed by atoms with E-state index in [1.165, 1.54) is 18.4 Å². The van der Waals surface area contributed by atoms with Crippen LogP contribution >= 0.6 is 11.6 Å². The number of nitrogens with one attached hydrogen (secondary N) is 1. The van der Waals surface area contributed by atoms with Gasteiger partial charge in [0.2, 0.25) is 0 Å². The van der Waals surface area contributed by atoms with Crippen LogP contribution < -0.4 is 5.32 Å². The van der Waals surface area contributed by atoms with Gasteiger partial charge in [-0.25, -0.2) is 4.79 Å². The van der Waals surface area contributed by atoms with Crippen molar-refractivity contribution in [2.75, 3.05) is 19.6 Å². The fraction of sp³-hybridized carbons (Fsp3) is 0.588. The normalized spacial score (nSPS) is 20.7. The monoisotopic (exact) mass is 306 g/mol. The smallest absolute Gasteiger partial charge is 0.317 e. The summed E-state index contributed by atoms with van der Waals surface area (Å²) in [6.07, 6.45) is 7.06. The SMILES string of the molecule is O=C(NCC1(c2ccc(Cl)cc2)CC1)N1CCCCCC1. The lowest BCUT2D eigenvalue weighted by molar-refractivity contribution is 0.199. The zero-order valence-electron chi connectivity index (χ0n) is 12.4. The Morgan fingerprint density at radius 2 is 1.71 bits per heavy atom. The van der Waals surface area contributed by atoms with Gasteiger partial charge in [0.1, 0.15) is 0 Å². The standard InChI is InChI=1S/C17H23ClN2O/c18-15-7-5-14(6-8-15)17(9-10-17)13-19-16(21)20-11-3-1-2-4-12-20/h5-8H,1-4,9-13H2,(H,19,21). The van der Waals surface area contributed by atoms with Gasteiger partial charge in [-0.3, -0.25) is 0 Å². The van der Waals surface area contributed by atoms with Gasteiger partial charge < -0.3 is 10.2 Å². The highest BCUT2D eigenvalue weighted by Crippen LogP contribution is 2.47. The Balaban J connectivity index is 1.56. The van der Waals surface area contributed by atoms with E-state index in [-0.39, 0.29) is 11.4 Å². The molecule has 1 saturated carbocycles. The maximum atomic E-state index is 12.3. The lowest BCUT2D eigenvalue weighted by atomic mass is 9.96. The van der Waals surface area contributed by atoms with Crippen molar-refractivity contribution in [3.8, 4) is 0 Å². The topological polar surface area (TPSA) is 32.3 Å². The minimum atomic E-state index is 0.108. The molecule has 1 aromatic rings. The molecule has 4 heteroatoms. The van der Waals surface area contributed by atoms with Crippen LogP contribution in [0.3, 0.4) is 0 Å². The Morgan fingerprint density at radius 1 is 1.10 bits per heavy atom. The van der Waals surface area contributed by atoms with Gasteiger partial charge in [-0.15, -0.1) is 0 Å². The first kappa shape index (κ1) is 14.7. The van der Waals surface area contributed by atoms with Crippen LogP contribution in [0.2, 0.25) is 5.02 Å². The van der Waals surface area contributed by atoms with Crippen LogP contribution in [-0.4, -0.2) is 30.6 Å². The maximum absolute atomic E-state index is 12.3. The molecular formula is C17H23ClN2O. The summed E-state index contributed by atoms with van der Waals surface area (Å²) >= 11 is 5.95. The average Bonchev–Trinajstić information content (AvgIpc) is 3.30. The van der Waals surface area contributed by atoms with Crippen molar-refractivity contribution in [2.45, 2.75) is 43.9 Å². The first-order valence-electron chi connectivity index (χ1n) is 7.98. The van der Waals surface area contributed by atoms with Gasteiger partial charge in [0, 0.05) is 30.1 Å². The molecule has 0 aromatic heterocycles. The van der Waals surface area contributed by atoms with E-state index in [4.69, 9.17) is 11.6 Å². The summed E-state index contributed by atoms with van der Waals surface area (Å²) in [5.41, 5.74) is 1.44. The van der Waals surface area contributed by atoms with Gasteiger partial charge in [-0.2, -0.15) is 0 Å². The summed E-state index contributed by atoms with van der Waals surface area (Å²) in [5, 5.41) is 3.92. The van der Waals surface area contributed by atoms with Gasteiger partial charge >= 0.3 is 6.03 Å². The minimum absolute atomic E-state index is 0.108. The summed E-state index contributed by atoms with van der Waals surface area (Å²) in [6.45, 7) is 2.55. The number of carbonyl (C=O) groups is 1. The van der Waals surface area contributed by atoms with Crippen molar-refractivity contribution < 1.29 is 4.79 Å².